The summed E-state index contributed by atoms with van der Waals surface area (Å²) in [6.45, 7) is 3.11. The number of ether oxygens (including phenoxy) is 1. The van der Waals surface area contributed by atoms with Crippen molar-refractivity contribution in [3.05, 3.63) is 64.4 Å². The molecule has 5 nitrogen and oxygen atoms in total. The Morgan fingerprint density at radius 1 is 1.20 bits per heavy atom. The summed E-state index contributed by atoms with van der Waals surface area (Å²) >= 11 is 0. The predicted molar refractivity (Wildman–Crippen MR) is 99.3 cm³/mol. The lowest BCUT2D eigenvalue weighted by Crippen LogP contribution is -2.32. The van der Waals surface area contributed by atoms with Crippen LogP contribution in [0.5, 0.6) is 5.75 Å². The van der Waals surface area contributed by atoms with E-state index >= 15 is 0 Å². The fourth-order valence-electron chi connectivity index (χ4n) is 3.36. The third kappa shape index (κ3) is 2.97. The molecule has 0 aliphatic carbocycles. The van der Waals surface area contributed by atoms with Gasteiger partial charge in [-0.1, -0.05) is 30.3 Å². The van der Waals surface area contributed by atoms with Gasteiger partial charge < -0.3 is 14.6 Å². The largest absolute Gasteiger partial charge is 0.491 e. The number of aryl methyl sites for hydroxylation is 2. The van der Waals surface area contributed by atoms with Crippen LogP contribution >= 0.6 is 0 Å². The first kappa shape index (κ1) is 15.7. The molecule has 0 fully saturated rings. The summed E-state index contributed by atoms with van der Waals surface area (Å²) in [6, 6.07) is 15.9. The standard InChI is InChI=1S/C20H21N3O2/c1-2-23-17-9-5-4-8-16(17)22-19(20(23)24)21-15-12-11-14-7-3-6-10-18(14)25-13-15/h3-10,15H,2,11-13H2,1H3,(H,21,22). The van der Waals surface area contributed by atoms with Gasteiger partial charge in [-0.2, -0.15) is 0 Å². The van der Waals surface area contributed by atoms with Crippen molar-refractivity contribution >= 4 is 16.9 Å². The zero-order chi connectivity index (χ0) is 17.2. The van der Waals surface area contributed by atoms with Crippen molar-refractivity contribution in [2.75, 3.05) is 11.9 Å². The Kier molecular flexibility index (Phi) is 4.14. The van der Waals surface area contributed by atoms with E-state index in [9.17, 15) is 4.79 Å². The molecule has 3 aromatic rings. The minimum absolute atomic E-state index is 0.0547. The summed E-state index contributed by atoms with van der Waals surface area (Å²) in [5.41, 5.74) is 2.82. The highest BCUT2D eigenvalue weighted by atomic mass is 16.5. The third-order valence-corrected chi connectivity index (χ3v) is 4.68. The number of fused-ring (bicyclic) bond motifs is 2. The lowest BCUT2D eigenvalue weighted by Gasteiger charge is -2.18. The van der Waals surface area contributed by atoms with E-state index in [4.69, 9.17) is 4.74 Å². The molecule has 4 rings (SSSR count). The smallest absolute Gasteiger partial charge is 0.293 e. The summed E-state index contributed by atoms with van der Waals surface area (Å²) in [5.74, 6) is 1.34. The van der Waals surface area contributed by atoms with Crippen LogP contribution in [0.1, 0.15) is 18.9 Å². The van der Waals surface area contributed by atoms with E-state index in [0.717, 1.165) is 29.6 Å². The van der Waals surface area contributed by atoms with Crippen LogP contribution in [0.3, 0.4) is 0 Å². The molecule has 0 bridgehead atoms. The van der Waals surface area contributed by atoms with Gasteiger partial charge in [0.2, 0.25) is 0 Å². The molecule has 2 aromatic carbocycles. The second-order valence-electron chi connectivity index (χ2n) is 6.30. The molecule has 1 N–H and O–H groups in total. The van der Waals surface area contributed by atoms with Gasteiger partial charge >= 0.3 is 0 Å². The van der Waals surface area contributed by atoms with Crippen molar-refractivity contribution in [1.82, 2.24) is 9.55 Å². The van der Waals surface area contributed by atoms with Crippen LogP contribution in [-0.4, -0.2) is 22.2 Å². The highest BCUT2D eigenvalue weighted by Gasteiger charge is 2.19. The molecule has 1 atom stereocenters. The number of aromatic nitrogens is 2. The second-order valence-corrected chi connectivity index (χ2v) is 6.30. The predicted octanol–water partition coefficient (Wildman–Crippen LogP) is 3.22. The maximum absolute atomic E-state index is 12.8. The van der Waals surface area contributed by atoms with Crippen LogP contribution in [0.15, 0.2) is 53.3 Å². The molecule has 1 unspecified atom stereocenters. The number of hydrogen-bond acceptors (Lipinski definition) is 4. The fraction of sp³-hybridized carbons (Fsp3) is 0.300. The molecule has 128 valence electrons. The Morgan fingerprint density at radius 2 is 2.00 bits per heavy atom. The normalized spacial score (nSPS) is 16.8. The number of nitrogens with one attached hydrogen (secondary N) is 1. The fourth-order valence-corrected chi connectivity index (χ4v) is 3.36. The number of anilines is 1. The van der Waals surface area contributed by atoms with Crippen molar-refractivity contribution < 1.29 is 4.74 Å². The SMILES string of the molecule is CCn1c(=O)c(NC2CCc3ccccc3OC2)nc2ccccc21. The molecule has 0 saturated heterocycles. The van der Waals surface area contributed by atoms with Crippen molar-refractivity contribution in [2.24, 2.45) is 0 Å². The summed E-state index contributed by atoms with van der Waals surface area (Å²) in [7, 11) is 0. The van der Waals surface area contributed by atoms with Gasteiger partial charge in [-0.25, -0.2) is 4.98 Å². The molecule has 1 aliphatic heterocycles. The number of nitrogens with zero attached hydrogens (tertiary/aromatic N) is 2. The summed E-state index contributed by atoms with van der Waals surface area (Å²) in [5, 5.41) is 3.32. The van der Waals surface area contributed by atoms with E-state index in [1.165, 1.54) is 5.56 Å². The second kappa shape index (κ2) is 6.59. The van der Waals surface area contributed by atoms with E-state index in [0.29, 0.717) is 19.0 Å². The number of rotatable bonds is 3. The first-order valence-electron chi connectivity index (χ1n) is 8.73. The third-order valence-electron chi connectivity index (χ3n) is 4.68. The summed E-state index contributed by atoms with van der Waals surface area (Å²) in [4.78, 5) is 17.3. The summed E-state index contributed by atoms with van der Waals surface area (Å²) in [6.07, 6.45) is 1.82. The lowest BCUT2D eigenvalue weighted by atomic mass is 10.1. The van der Waals surface area contributed by atoms with Gasteiger partial charge in [0.25, 0.3) is 5.56 Å². The molecule has 5 heteroatoms. The van der Waals surface area contributed by atoms with Gasteiger partial charge in [0.05, 0.1) is 17.1 Å². The maximum Gasteiger partial charge on any atom is 0.293 e. The molecule has 1 aliphatic rings. The quantitative estimate of drug-likeness (QED) is 0.798. The van der Waals surface area contributed by atoms with Gasteiger partial charge in [0.15, 0.2) is 5.82 Å². The van der Waals surface area contributed by atoms with E-state index in [2.05, 4.69) is 16.4 Å². The van der Waals surface area contributed by atoms with Gasteiger partial charge in [0, 0.05) is 6.54 Å². The van der Waals surface area contributed by atoms with Crippen LogP contribution in [0, 0.1) is 0 Å². The van der Waals surface area contributed by atoms with Gasteiger partial charge in [-0.05, 0) is 43.5 Å². The van der Waals surface area contributed by atoms with Gasteiger partial charge in [-0.15, -0.1) is 0 Å². The minimum atomic E-state index is -0.0806. The van der Waals surface area contributed by atoms with E-state index in [1.807, 2.05) is 49.4 Å². The maximum atomic E-state index is 12.8. The Hall–Kier alpha value is -2.82. The average Bonchev–Trinajstić information content (AvgIpc) is 2.85. The van der Waals surface area contributed by atoms with E-state index in [1.54, 1.807) is 4.57 Å². The zero-order valence-corrected chi connectivity index (χ0v) is 14.2. The van der Waals surface area contributed by atoms with E-state index in [-0.39, 0.29) is 11.6 Å². The molecule has 25 heavy (non-hydrogen) atoms. The van der Waals surface area contributed by atoms with Crippen LogP contribution in [0.2, 0.25) is 0 Å². The monoisotopic (exact) mass is 335 g/mol. The molecule has 0 spiro atoms. The Bertz CT molecular complexity index is 938. The Morgan fingerprint density at radius 3 is 2.88 bits per heavy atom. The van der Waals surface area contributed by atoms with E-state index < -0.39 is 0 Å². The molecular weight excluding hydrogens is 314 g/mol. The number of benzene rings is 2. The van der Waals surface area contributed by atoms with Crippen LogP contribution in [0.4, 0.5) is 5.82 Å². The van der Waals surface area contributed by atoms with Crippen LogP contribution < -0.4 is 15.6 Å². The van der Waals surface area contributed by atoms with Crippen LogP contribution in [-0.2, 0) is 13.0 Å². The van der Waals surface area contributed by atoms with Crippen LogP contribution in [0.25, 0.3) is 11.0 Å². The zero-order valence-electron chi connectivity index (χ0n) is 14.2. The molecule has 2 heterocycles. The highest BCUT2D eigenvalue weighted by Crippen LogP contribution is 2.24. The first-order chi connectivity index (χ1) is 12.3. The van der Waals surface area contributed by atoms with Gasteiger partial charge in [-0.3, -0.25) is 4.79 Å². The number of para-hydroxylation sites is 3. The molecule has 0 amide bonds. The molecule has 1 aromatic heterocycles. The Labute approximate surface area is 146 Å². The summed E-state index contributed by atoms with van der Waals surface area (Å²) < 4.78 is 7.68. The topological polar surface area (TPSA) is 56.2 Å². The number of hydrogen-bond donors (Lipinski definition) is 1. The highest BCUT2D eigenvalue weighted by molar-refractivity contribution is 5.76. The van der Waals surface area contributed by atoms with Crippen molar-refractivity contribution in [2.45, 2.75) is 32.4 Å². The lowest BCUT2D eigenvalue weighted by molar-refractivity contribution is 0.302. The first-order valence-corrected chi connectivity index (χ1v) is 8.73. The van der Waals surface area contributed by atoms with Crippen molar-refractivity contribution in [3.8, 4) is 5.75 Å². The van der Waals surface area contributed by atoms with Crippen molar-refractivity contribution in [1.29, 1.82) is 0 Å². The van der Waals surface area contributed by atoms with Gasteiger partial charge in [0.1, 0.15) is 12.4 Å². The molecule has 0 radical (unpaired) electrons. The average molecular weight is 335 g/mol. The minimum Gasteiger partial charge on any atom is -0.491 e. The van der Waals surface area contributed by atoms with Crippen molar-refractivity contribution in [3.63, 3.8) is 0 Å². The Balaban J connectivity index is 1.63. The molecular formula is C20H21N3O2. The molecule has 0 saturated carbocycles.